The standard InChI is InChI=1S/C8H11N3O/c1-2-8(12)4-3-5-11-7-9-6-10-11/h3,5-7H,2,4H2,1H3/b5-3+. The summed E-state index contributed by atoms with van der Waals surface area (Å²) in [6.45, 7) is 1.85. The van der Waals surface area contributed by atoms with E-state index in [1.807, 2.05) is 6.92 Å². The third-order valence-electron chi connectivity index (χ3n) is 1.43. The lowest BCUT2D eigenvalue weighted by Gasteiger charge is -1.89. The third kappa shape index (κ3) is 2.65. The molecule has 1 aromatic heterocycles. The Labute approximate surface area is 70.9 Å². The molecule has 0 radical (unpaired) electrons. The Bertz CT molecular complexity index is 264. The van der Waals surface area contributed by atoms with Crippen molar-refractivity contribution in [2.24, 2.45) is 0 Å². The largest absolute Gasteiger partial charge is 0.299 e. The van der Waals surface area contributed by atoms with Gasteiger partial charge in [0.15, 0.2) is 0 Å². The summed E-state index contributed by atoms with van der Waals surface area (Å²) in [7, 11) is 0. The van der Waals surface area contributed by atoms with Gasteiger partial charge in [-0.25, -0.2) is 9.67 Å². The molecule has 12 heavy (non-hydrogen) atoms. The monoisotopic (exact) mass is 165 g/mol. The van der Waals surface area contributed by atoms with Crippen LogP contribution in [0.4, 0.5) is 0 Å². The molecule has 0 aliphatic carbocycles. The number of carbonyl (C=O) groups is 1. The molecule has 0 amide bonds. The Morgan fingerprint density at radius 2 is 2.50 bits per heavy atom. The smallest absolute Gasteiger partial charge is 0.138 e. The van der Waals surface area contributed by atoms with Crippen molar-refractivity contribution in [3.05, 3.63) is 18.7 Å². The van der Waals surface area contributed by atoms with Crippen LogP contribution in [0, 0.1) is 0 Å². The van der Waals surface area contributed by atoms with Crippen LogP contribution < -0.4 is 0 Å². The second-order valence-corrected chi connectivity index (χ2v) is 2.36. The zero-order chi connectivity index (χ0) is 8.81. The molecular weight excluding hydrogens is 154 g/mol. The molecule has 0 bridgehead atoms. The van der Waals surface area contributed by atoms with Gasteiger partial charge in [0, 0.05) is 19.0 Å². The lowest BCUT2D eigenvalue weighted by Crippen LogP contribution is -1.92. The third-order valence-corrected chi connectivity index (χ3v) is 1.43. The van der Waals surface area contributed by atoms with Crippen molar-refractivity contribution >= 4 is 12.0 Å². The fraction of sp³-hybridized carbons (Fsp3) is 0.375. The van der Waals surface area contributed by atoms with Crippen molar-refractivity contribution in [1.29, 1.82) is 0 Å². The van der Waals surface area contributed by atoms with Crippen molar-refractivity contribution in [2.45, 2.75) is 19.8 Å². The Kier molecular flexibility index (Phi) is 3.19. The predicted octanol–water partition coefficient (Wildman–Crippen LogP) is 1.12. The molecule has 0 spiro atoms. The van der Waals surface area contributed by atoms with E-state index in [2.05, 4.69) is 10.1 Å². The van der Waals surface area contributed by atoms with Crippen LogP contribution in [0.5, 0.6) is 0 Å². The molecule has 1 aromatic rings. The summed E-state index contributed by atoms with van der Waals surface area (Å²) in [6.07, 6.45) is 7.58. The SMILES string of the molecule is CCC(=O)C/C=C/n1cncn1. The normalized spacial score (nSPS) is 10.8. The summed E-state index contributed by atoms with van der Waals surface area (Å²) in [6, 6.07) is 0. The van der Waals surface area contributed by atoms with Crippen molar-refractivity contribution in [1.82, 2.24) is 14.8 Å². The quantitative estimate of drug-likeness (QED) is 0.671. The summed E-state index contributed by atoms with van der Waals surface area (Å²) in [5.41, 5.74) is 0. The highest BCUT2D eigenvalue weighted by molar-refractivity contribution is 5.79. The summed E-state index contributed by atoms with van der Waals surface area (Å²) >= 11 is 0. The molecule has 0 saturated heterocycles. The van der Waals surface area contributed by atoms with Crippen LogP contribution in [-0.2, 0) is 4.79 Å². The number of allylic oxidation sites excluding steroid dienone is 1. The van der Waals surface area contributed by atoms with Crippen molar-refractivity contribution in [3.8, 4) is 0 Å². The van der Waals surface area contributed by atoms with Crippen LogP contribution in [0.1, 0.15) is 19.8 Å². The van der Waals surface area contributed by atoms with E-state index >= 15 is 0 Å². The van der Waals surface area contributed by atoms with Crippen LogP contribution in [0.3, 0.4) is 0 Å². The summed E-state index contributed by atoms with van der Waals surface area (Å²) in [4.78, 5) is 14.6. The first-order valence-electron chi connectivity index (χ1n) is 3.85. The highest BCUT2D eigenvalue weighted by Gasteiger charge is 1.92. The molecule has 4 heteroatoms. The minimum Gasteiger partial charge on any atom is -0.299 e. The van der Waals surface area contributed by atoms with E-state index in [0.717, 1.165) is 0 Å². The number of ketones is 1. The average Bonchev–Trinajstić information content (AvgIpc) is 2.57. The molecule has 0 unspecified atom stereocenters. The van der Waals surface area contributed by atoms with Crippen LogP contribution in [0.25, 0.3) is 6.20 Å². The Hall–Kier alpha value is -1.45. The second-order valence-electron chi connectivity index (χ2n) is 2.36. The van der Waals surface area contributed by atoms with Crippen LogP contribution in [0.15, 0.2) is 18.7 Å². The second kappa shape index (κ2) is 4.43. The van der Waals surface area contributed by atoms with Gasteiger partial charge in [-0.15, -0.1) is 0 Å². The number of aromatic nitrogens is 3. The minimum atomic E-state index is 0.228. The Balaban J connectivity index is 2.37. The van der Waals surface area contributed by atoms with E-state index in [9.17, 15) is 4.79 Å². The molecule has 64 valence electrons. The fourth-order valence-corrected chi connectivity index (χ4v) is 0.731. The van der Waals surface area contributed by atoms with Gasteiger partial charge in [-0.05, 0) is 0 Å². The van der Waals surface area contributed by atoms with Gasteiger partial charge in [-0.1, -0.05) is 13.0 Å². The van der Waals surface area contributed by atoms with Gasteiger partial charge in [0.25, 0.3) is 0 Å². The zero-order valence-corrected chi connectivity index (χ0v) is 6.97. The van der Waals surface area contributed by atoms with Crippen LogP contribution in [-0.4, -0.2) is 20.5 Å². The molecule has 0 aromatic carbocycles. The van der Waals surface area contributed by atoms with Gasteiger partial charge >= 0.3 is 0 Å². The van der Waals surface area contributed by atoms with E-state index in [4.69, 9.17) is 0 Å². The van der Waals surface area contributed by atoms with Crippen molar-refractivity contribution in [2.75, 3.05) is 0 Å². The van der Waals surface area contributed by atoms with Gasteiger partial charge in [-0.2, -0.15) is 5.10 Å². The maximum Gasteiger partial charge on any atom is 0.138 e. The minimum absolute atomic E-state index is 0.228. The fourth-order valence-electron chi connectivity index (χ4n) is 0.731. The lowest BCUT2D eigenvalue weighted by atomic mass is 10.2. The van der Waals surface area contributed by atoms with E-state index < -0.39 is 0 Å². The average molecular weight is 165 g/mol. The van der Waals surface area contributed by atoms with E-state index in [0.29, 0.717) is 12.8 Å². The molecule has 0 aliphatic heterocycles. The van der Waals surface area contributed by atoms with Crippen LogP contribution in [0.2, 0.25) is 0 Å². The number of rotatable bonds is 4. The first kappa shape index (κ1) is 8.64. The summed E-state index contributed by atoms with van der Waals surface area (Å²) in [5.74, 6) is 0.228. The number of Topliss-reactive ketones (excluding diaryl/α,β-unsaturated/α-hetero) is 1. The summed E-state index contributed by atoms with van der Waals surface area (Å²) < 4.78 is 1.56. The number of nitrogens with zero attached hydrogens (tertiary/aromatic N) is 3. The highest BCUT2D eigenvalue weighted by Crippen LogP contribution is 1.91. The number of carbonyl (C=O) groups excluding carboxylic acids is 1. The predicted molar refractivity (Wildman–Crippen MR) is 45.3 cm³/mol. The topological polar surface area (TPSA) is 47.8 Å². The van der Waals surface area contributed by atoms with E-state index in [-0.39, 0.29) is 5.78 Å². The molecule has 1 heterocycles. The first-order chi connectivity index (χ1) is 5.83. The van der Waals surface area contributed by atoms with Gasteiger partial charge in [0.2, 0.25) is 0 Å². The van der Waals surface area contributed by atoms with Crippen molar-refractivity contribution in [3.63, 3.8) is 0 Å². The molecular formula is C8H11N3O. The lowest BCUT2D eigenvalue weighted by molar-refractivity contribution is -0.117. The van der Waals surface area contributed by atoms with Gasteiger partial charge in [0.05, 0.1) is 0 Å². The van der Waals surface area contributed by atoms with Crippen molar-refractivity contribution < 1.29 is 4.79 Å². The van der Waals surface area contributed by atoms with Crippen LogP contribution >= 0.6 is 0 Å². The zero-order valence-electron chi connectivity index (χ0n) is 6.97. The van der Waals surface area contributed by atoms with E-state index in [1.165, 1.54) is 6.33 Å². The maximum absolute atomic E-state index is 10.8. The maximum atomic E-state index is 10.8. The molecule has 0 fully saturated rings. The molecule has 0 aliphatic rings. The molecule has 0 N–H and O–H groups in total. The molecule has 4 nitrogen and oxygen atoms in total. The van der Waals surface area contributed by atoms with Gasteiger partial charge in [-0.3, -0.25) is 4.79 Å². The van der Waals surface area contributed by atoms with Gasteiger partial charge in [0.1, 0.15) is 18.4 Å². The Morgan fingerprint density at radius 3 is 3.08 bits per heavy atom. The number of hydrogen-bond acceptors (Lipinski definition) is 3. The first-order valence-corrected chi connectivity index (χ1v) is 3.85. The molecule has 0 saturated carbocycles. The van der Waals surface area contributed by atoms with Gasteiger partial charge < -0.3 is 0 Å². The molecule has 1 rings (SSSR count). The molecule has 0 atom stereocenters. The summed E-state index contributed by atoms with van der Waals surface area (Å²) in [5, 5.41) is 3.85. The Morgan fingerprint density at radius 1 is 1.67 bits per heavy atom. The number of hydrogen-bond donors (Lipinski definition) is 0. The van der Waals surface area contributed by atoms with E-state index in [1.54, 1.807) is 23.3 Å². The highest BCUT2D eigenvalue weighted by atomic mass is 16.1.